The SMILES string of the molecule is Cl.Cl.N[C@@H]1CCN(C(=O)CC2(N3CCOCC3)CCCC2)C1. The largest absolute Gasteiger partial charge is 0.379 e. The fourth-order valence-electron chi connectivity index (χ4n) is 4.08. The first kappa shape index (κ1) is 20.0. The van der Waals surface area contributed by atoms with Crippen LogP contribution in [0, 0.1) is 0 Å². The summed E-state index contributed by atoms with van der Waals surface area (Å²) in [6, 6.07) is 0.182. The van der Waals surface area contributed by atoms with Gasteiger partial charge in [0.15, 0.2) is 0 Å². The van der Waals surface area contributed by atoms with Gasteiger partial charge in [0.2, 0.25) is 5.91 Å². The van der Waals surface area contributed by atoms with E-state index in [0.29, 0.717) is 12.3 Å². The van der Waals surface area contributed by atoms with Crippen LogP contribution in [-0.4, -0.2) is 66.7 Å². The topological polar surface area (TPSA) is 58.8 Å². The van der Waals surface area contributed by atoms with Crippen molar-refractivity contribution in [3.05, 3.63) is 0 Å². The molecule has 1 amide bonds. The molecule has 3 aliphatic rings. The minimum Gasteiger partial charge on any atom is -0.379 e. The average molecular weight is 354 g/mol. The number of carbonyl (C=O) groups excluding carboxylic acids is 1. The molecule has 2 heterocycles. The Balaban J connectivity index is 0.00000121. The van der Waals surface area contributed by atoms with Crippen LogP contribution in [0.3, 0.4) is 0 Å². The zero-order chi connectivity index (χ0) is 14.0. The highest BCUT2D eigenvalue weighted by Gasteiger charge is 2.42. The smallest absolute Gasteiger partial charge is 0.224 e. The molecule has 7 heteroatoms. The molecule has 0 unspecified atom stereocenters. The highest BCUT2D eigenvalue weighted by molar-refractivity contribution is 5.85. The molecule has 0 spiro atoms. The average Bonchev–Trinajstić information content (AvgIpc) is 3.10. The van der Waals surface area contributed by atoms with E-state index in [1.54, 1.807) is 0 Å². The van der Waals surface area contributed by atoms with E-state index in [4.69, 9.17) is 10.5 Å². The second kappa shape index (κ2) is 8.69. The molecule has 1 atom stereocenters. The lowest BCUT2D eigenvalue weighted by atomic mass is 9.89. The lowest BCUT2D eigenvalue weighted by Gasteiger charge is -2.43. The number of hydrogen-bond acceptors (Lipinski definition) is 4. The van der Waals surface area contributed by atoms with Gasteiger partial charge < -0.3 is 15.4 Å². The third kappa shape index (κ3) is 4.26. The summed E-state index contributed by atoms with van der Waals surface area (Å²) in [7, 11) is 0. The number of carbonyl (C=O) groups is 1. The van der Waals surface area contributed by atoms with E-state index in [2.05, 4.69) is 4.90 Å². The quantitative estimate of drug-likeness (QED) is 0.833. The van der Waals surface area contributed by atoms with Crippen molar-refractivity contribution in [1.82, 2.24) is 9.80 Å². The Hall–Kier alpha value is -0.0700. The first-order chi connectivity index (χ1) is 9.70. The number of amides is 1. The Morgan fingerprint density at radius 1 is 1.14 bits per heavy atom. The van der Waals surface area contributed by atoms with Crippen LogP contribution in [0.5, 0.6) is 0 Å². The summed E-state index contributed by atoms with van der Waals surface area (Å²) >= 11 is 0. The van der Waals surface area contributed by atoms with Gasteiger partial charge in [-0.3, -0.25) is 9.69 Å². The Bertz CT molecular complexity index is 359. The number of morpholine rings is 1. The number of nitrogens with two attached hydrogens (primary N) is 1. The Kier molecular flexibility index (Phi) is 7.89. The van der Waals surface area contributed by atoms with Crippen LogP contribution in [0.15, 0.2) is 0 Å². The van der Waals surface area contributed by atoms with Gasteiger partial charge in [0.25, 0.3) is 0 Å². The molecule has 22 heavy (non-hydrogen) atoms. The van der Waals surface area contributed by atoms with Gasteiger partial charge >= 0.3 is 0 Å². The molecule has 0 aromatic rings. The molecular formula is C15H29Cl2N3O2. The summed E-state index contributed by atoms with van der Waals surface area (Å²) in [5.74, 6) is 0.311. The van der Waals surface area contributed by atoms with Gasteiger partial charge in [-0.25, -0.2) is 0 Å². The third-order valence-electron chi connectivity index (χ3n) is 5.27. The molecule has 2 aliphatic heterocycles. The highest BCUT2D eigenvalue weighted by Crippen LogP contribution is 2.39. The minimum absolute atomic E-state index is 0. The lowest BCUT2D eigenvalue weighted by Crippen LogP contribution is -2.54. The maximum absolute atomic E-state index is 12.6. The van der Waals surface area contributed by atoms with Crippen molar-refractivity contribution in [1.29, 1.82) is 0 Å². The van der Waals surface area contributed by atoms with Crippen LogP contribution in [0.2, 0.25) is 0 Å². The predicted octanol–water partition coefficient (Wildman–Crippen LogP) is 1.42. The predicted molar refractivity (Wildman–Crippen MR) is 91.9 cm³/mol. The monoisotopic (exact) mass is 353 g/mol. The van der Waals surface area contributed by atoms with Crippen molar-refractivity contribution in [2.24, 2.45) is 5.73 Å². The fraction of sp³-hybridized carbons (Fsp3) is 0.933. The zero-order valence-corrected chi connectivity index (χ0v) is 14.8. The molecule has 2 N–H and O–H groups in total. The van der Waals surface area contributed by atoms with Crippen molar-refractivity contribution >= 4 is 30.7 Å². The Morgan fingerprint density at radius 2 is 1.77 bits per heavy atom. The van der Waals surface area contributed by atoms with Gasteiger partial charge in [0.1, 0.15) is 0 Å². The molecule has 130 valence electrons. The summed E-state index contributed by atoms with van der Waals surface area (Å²) in [6.07, 6.45) is 6.47. The first-order valence-electron chi connectivity index (χ1n) is 8.06. The number of ether oxygens (including phenoxy) is 1. The zero-order valence-electron chi connectivity index (χ0n) is 13.2. The second-order valence-corrected chi connectivity index (χ2v) is 6.60. The van der Waals surface area contributed by atoms with Crippen LogP contribution >= 0.6 is 24.8 Å². The number of hydrogen-bond donors (Lipinski definition) is 1. The van der Waals surface area contributed by atoms with Crippen molar-refractivity contribution in [2.75, 3.05) is 39.4 Å². The van der Waals surface area contributed by atoms with Crippen molar-refractivity contribution < 1.29 is 9.53 Å². The maximum atomic E-state index is 12.6. The number of likely N-dealkylation sites (tertiary alicyclic amines) is 1. The molecule has 0 aromatic carbocycles. The summed E-state index contributed by atoms with van der Waals surface area (Å²) in [6.45, 7) is 5.17. The summed E-state index contributed by atoms with van der Waals surface area (Å²) in [5.41, 5.74) is 6.03. The van der Waals surface area contributed by atoms with E-state index in [-0.39, 0.29) is 36.4 Å². The summed E-state index contributed by atoms with van der Waals surface area (Å²) < 4.78 is 5.47. The van der Waals surface area contributed by atoms with Gasteiger partial charge in [-0.15, -0.1) is 24.8 Å². The molecular weight excluding hydrogens is 325 g/mol. The molecule has 1 saturated carbocycles. The molecule has 5 nitrogen and oxygen atoms in total. The second-order valence-electron chi connectivity index (χ2n) is 6.60. The van der Waals surface area contributed by atoms with E-state index < -0.39 is 0 Å². The van der Waals surface area contributed by atoms with Crippen LogP contribution in [-0.2, 0) is 9.53 Å². The molecule has 3 fully saturated rings. The summed E-state index contributed by atoms with van der Waals surface area (Å²) in [4.78, 5) is 17.1. The van der Waals surface area contributed by atoms with Crippen LogP contribution in [0.25, 0.3) is 0 Å². The molecule has 2 saturated heterocycles. The van der Waals surface area contributed by atoms with Gasteiger partial charge in [0.05, 0.1) is 13.2 Å². The van der Waals surface area contributed by atoms with E-state index in [0.717, 1.165) is 45.8 Å². The van der Waals surface area contributed by atoms with Gasteiger partial charge in [-0.2, -0.15) is 0 Å². The summed E-state index contributed by atoms with van der Waals surface area (Å²) in [5, 5.41) is 0. The Morgan fingerprint density at radius 3 is 2.32 bits per heavy atom. The normalized spacial score (nSPS) is 28.0. The van der Waals surface area contributed by atoms with Crippen molar-refractivity contribution in [3.8, 4) is 0 Å². The maximum Gasteiger partial charge on any atom is 0.224 e. The number of nitrogens with zero attached hydrogens (tertiary/aromatic N) is 2. The van der Waals surface area contributed by atoms with Gasteiger partial charge in [-0.1, -0.05) is 12.8 Å². The molecule has 0 radical (unpaired) electrons. The lowest BCUT2D eigenvalue weighted by molar-refractivity contribution is -0.134. The molecule has 0 aromatic heterocycles. The van der Waals surface area contributed by atoms with E-state index in [9.17, 15) is 4.79 Å². The van der Waals surface area contributed by atoms with Crippen LogP contribution in [0.1, 0.15) is 38.5 Å². The molecule has 3 rings (SSSR count). The number of halogens is 2. The fourth-order valence-corrected chi connectivity index (χ4v) is 4.08. The minimum atomic E-state index is 0. The van der Waals surface area contributed by atoms with Crippen LogP contribution < -0.4 is 5.73 Å². The van der Waals surface area contributed by atoms with E-state index in [1.807, 2.05) is 4.90 Å². The first-order valence-corrected chi connectivity index (χ1v) is 8.06. The number of rotatable bonds is 3. The van der Waals surface area contributed by atoms with Gasteiger partial charge in [0, 0.05) is 44.2 Å². The van der Waals surface area contributed by atoms with Gasteiger partial charge in [-0.05, 0) is 19.3 Å². The third-order valence-corrected chi connectivity index (χ3v) is 5.27. The standard InChI is InChI=1S/C15H27N3O2.2ClH/c16-13-3-6-17(12-13)14(19)11-15(4-1-2-5-15)18-7-9-20-10-8-18;;/h13H,1-12,16H2;2*1H/t13-;;/m1../s1. The Labute approximate surface area is 145 Å². The van der Waals surface area contributed by atoms with Crippen molar-refractivity contribution in [3.63, 3.8) is 0 Å². The van der Waals surface area contributed by atoms with Crippen molar-refractivity contribution in [2.45, 2.75) is 50.1 Å². The van der Waals surface area contributed by atoms with Crippen LogP contribution in [0.4, 0.5) is 0 Å². The molecule has 1 aliphatic carbocycles. The van der Waals surface area contributed by atoms with E-state index >= 15 is 0 Å². The molecule has 0 bridgehead atoms. The van der Waals surface area contributed by atoms with E-state index in [1.165, 1.54) is 25.7 Å². The highest BCUT2D eigenvalue weighted by atomic mass is 35.5.